The maximum absolute atomic E-state index is 12.2. The summed E-state index contributed by atoms with van der Waals surface area (Å²) in [6.07, 6.45) is 0.497. The van der Waals surface area contributed by atoms with Gasteiger partial charge in [0.2, 0.25) is 5.91 Å². The van der Waals surface area contributed by atoms with Crippen molar-refractivity contribution in [2.75, 3.05) is 49.1 Å². The fraction of sp³-hybridized carbons (Fsp3) is 0.600. The number of carbonyl (C=O) groups is 3. The molecule has 30 heavy (non-hydrogen) atoms. The summed E-state index contributed by atoms with van der Waals surface area (Å²) in [6, 6.07) is 3.68. The number of cyclic esters (lactones) is 1. The highest BCUT2D eigenvalue weighted by molar-refractivity contribution is 5.89. The minimum atomic E-state index is -0.510. The zero-order chi connectivity index (χ0) is 21.9. The van der Waals surface area contributed by atoms with Crippen LogP contribution in [0.4, 0.5) is 21.1 Å². The third kappa shape index (κ3) is 5.52. The van der Waals surface area contributed by atoms with Gasteiger partial charge in [0.25, 0.3) is 0 Å². The lowest BCUT2D eigenvalue weighted by atomic mass is 10.2. The van der Waals surface area contributed by atoms with E-state index in [2.05, 4.69) is 15.2 Å². The first-order valence-corrected chi connectivity index (χ1v) is 10.0. The van der Waals surface area contributed by atoms with Gasteiger partial charge in [-0.15, -0.1) is 0 Å². The summed E-state index contributed by atoms with van der Waals surface area (Å²) < 4.78 is 10.7. The van der Waals surface area contributed by atoms with Crippen molar-refractivity contribution in [3.05, 3.63) is 18.3 Å². The van der Waals surface area contributed by atoms with Crippen LogP contribution in [0.15, 0.2) is 18.3 Å². The molecule has 3 amide bonds. The summed E-state index contributed by atoms with van der Waals surface area (Å²) in [5.74, 6) is 0.618. The summed E-state index contributed by atoms with van der Waals surface area (Å²) in [4.78, 5) is 45.1. The number of piperazine rings is 1. The standard InChI is InChI=1S/C20H29N5O5/c1-14(26)21-12-16-13-25(19(28)29-16)15-5-6-17(22-11-15)23-7-9-24(10-8-23)18(27)30-20(2,3)4/h5-6,11,16H,7-10,12-13H2,1-4H3,(H,21,26)/t16-/m0/s1. The zero-order valence-corrected chi connectivity index (χ0v) is 17.9. The minimum Gasteiger partial charge on any atom is -0.444 e. The minimum absolute atomic E-state index is 0.165. The molecule has 1 N–H and O–H groups in total. The molecular formula is C20H29N5O5. The Morgan fingerprint density at radius 3 is 2.50 bits per heavy atom. The Kier molecular flexibility index (Phi) is 6.33. The fourth-order valence-electron chi connectivity index (χ4n) is 3.27. The number of carbonyl (C=O) groups excluding carboxylic acids is 3. The molecule has 3 heterocycles. The van der Waals surface area contributed by atoms with Crippen LogP contribution in [0, 0.1) is 0 Å². The number of rotatable bonds is 4. The number of pyridine rings is 1. The maximum Gasteiger partial charge on any atom is 0.414 e. The third-order valence-electron chi connectivity index (χ3n) is 4.75. The fourth-order valence-corrected chi connectivity index (χ4v) is 3.27. The maximum atomic E-state index is 12.2. The zero-order valence-electron chi connectivity index (χ0n) is 17.9. The largest absolute Gasteiger partial charge is 0.444 e. The highest BCUT2D eigenvalue weighted by Gasteiger charge is 2.33. The summed E-state index contributed by atoms with van der Waals surface area (Å²) in [7, 11) is 0. The number of amides is 3. The summed E-state index contributed by atoms with van der Waals surface area (Å²) >= 11 is 0. The molecule has 0 spiro atoms. The molecule has 0 aliphatic carbocycles. The van der Waals surface area contributed by atoms with Gasteiger partial charge < -0.3 is 24.6 Å². The Labute approximate surface area is 176 Å². The molecule has 0 radical (unpaired) electrons. The molecule has 2 aliphatic heterocycles. The molecule has 0 unspecified atom stereocenters. The van der Waals surface area contributed by atoms with Crippen LogP contribution in [0.25, 0.3) is 0 Å². The van der Waals surface area contributed by atoms with Gasteiger partial charge in [-0.2, -0.15) is 0 Å². The van der Waals surface area contributed by atoms with Crippen molar-refractivity contribution in [3.8, 4) is 0 Å². The predicted octanol–water partition coefficient (Wildman–Crippen LogP) is 1.60. The average Bonchev–Trinajstić information content (AvgIpc) is 3.06. The van der Waals surface area contributed by atoms with E-state index in [1.54, 1.807) is 11.1 Å². The van der Waals surface area contributed by atoms with Gasteiger partial charge in [-0.25, -0.2) is 14.6 Å². The number of aromatic nitrogens is 1. The van der Waals surface area contributed by atoms with Gasteiger partial charge in [-0.3, -0.25) is 9.69 Å². The molecule has 2 fully saturated rings. The summed E-state index contributed by atoms with van der Waals surface area (Å²) in [5.41, 5.74) is 0.130. The van der Waals surface area contributed by atoms with Crippen LogP contribution in [0.1, 0.15) is 27.7 Å². The van der Waals surface area contributed by atoms with E-state index < -0.39 is 11.7 Å². The van der Waals surface area contributed by atoms with E-state index in [1.165, 1.54) is 11.8 Å². The second-order valence-electron chi connectivity index (χ2n) is 8.38. The molecule has 1 aromatic rings. The first-order chi connectivity index (χ1) is 14.1. The van der Waals surface area contributed by atoms with Crippen molar-refractivity contribution < 1.29 is 23.9 Å². The van der Waals surface area contributed by atoms with E-state index in [-0.39, 0.29) is 24.6 Å². The van der Waals surface area contributed by atoms with Crippen molar-refractivity contribution in [3.63, 3.8) is 0 Å². The Morgan fingerprint density at radius 1 is 1.23 bits per heavy atom. The van der Waals surface area contributed by atoms with Crippen LogP contribution in [0.2, 0.25) is 0 Å². The average molecular weight is 419 g/mol. The molecule has 2 saturated heterocycles. The van der Waals surface area contributed by atoms with Gasteiger partial charge in [0, 0.05) is 33.1 Å². The van der Waals surface area contributed by atoms with Crippen LogP contribution >= 0.6 is 0 Å². The Hall–Kier alpha value is -3.04. The molecule has 0 bridgehead atoms. The molecule has 10 nitrogen and oxygen atoms in total. The third-order valence-corrected chi connectivity index (χ3v) is 4.75. The number of hydrogen-bond donors (Lipinski definition) is 1. The number of nitrogens with zero attached hydrogens (tertiary/aromatic N) is 4. The monoisotopic (exact) mass is 419 g/mol. The Bertz CT molecular complexity index is 784. The molecule has 3 rings (SSSR count). The van der Waals surface area contributed by atoms with Gasteiger partial charge in [-0.1, -0.05) is 0 Å². The molecule has 164 valence electrons. The SMILES string of the molecule is CC(=O)NC[C@H]1CN(c2ccc(N3CCN(C(=O)OC(C)(C)C)CC3)nc2)C(=O)O1. The predicted molar refractivity (Wildman–Crippen MR) is 111 cm³/mol. The van der Waals surface area contributed by atoms with Gasteiger partial charge in [-0.05, 0) is 32.9 Å². The molecule has 2 aliphatic rings. The van der Waals surface area contributed by atoms with E-state index >= 15 is 0 Å². The molecule has 0 saturated carbocycles. The van der Waals surface area contributed by atoms with Crippen LogP contribution in [-0.4, -0.2) is 79.0 Å². The normalized spacial score (nSPS) is 19.5. The van der Waals surface area contributed by atoms with Crippen molar-refractivity contribution in [1.82, 2.24) is 15.2 Å². The molecule has 10 heteroatoms. The first kappa shape index (κ1) is 21.7. The first-order valence-electron chi connectivity index (χ1n) is 10.0. The summed E-state index contributed by atoms with van der Waals surface area (Å²) in [5, 5.41) is 2.65. The van der Waals surface area contributed by atoms with Gasteiger partial charge in [0.1, 0.15) is 17.5 Å². The Morgan fingerprint density at radius 2 is 1.93 bits per heavy atom. The highest BCUT2D eigenvalue weighted by atomic mass is 16.6. The van der Waals surface area contributed by atoms with Crippen molar-refractivity contribution >= 4 is 29.6 Å². The molecule has 1 atom stereocenters. The van der Waals surface area contributed by atoms with E-state index in [0.717, 1.165) is 5.82 Å². The van der Waals surface area contributed by atoms with Crippen LogP contribution < -0.4 is 15.1 Å². The number of ether oxygens (including phenoxy) is 2. The molecule has 1 aromatic heterocycles. The quantitative estimate of drug-likeness (QED) is 0.790. The van der Waals surface area contributed by atoms with Crippen LogP contribution in [-0.2, 0) is 14.3 Å². The number of hydrogen-bond acceptors (Lipinski definition) is 7. The van der Waals surface area contributed by atoms with E-state index in [1.807, 2.05) is 32.9 Å². The van der Waals surface area contributed by atoms with Gasteiger partial charge in [0.05, 0.1) is 25.0 Å². The molecular weight excluding hydrogens is 390 g/mol. The second kappa shape index (κ2) is 8.76. The molecule has 0 aromatic carbocycles. The van der Waals surface area contributed by atoms with Gasteiger partial charge >= 0.3 is 12.2 Å². The van der Waals surface area contributed by atoms with Gasteiger partial charge in [0.15, 0.2) is 0 Å². The van der Waals surface area contributed by atoms with E-state index in [9.17, 15) is 14.4 Å². The lowest BCUT2D eigenvalue weighted by Crippen LogP contribution is -2.50. The van der Waals surface area contributed by atoms with Crippen LogP contribution in [0.3, 0.4) is 0 Å². The lowest BCUT2D eigenvalue weighted by molar-refractivity contribution is -0.119. The number of anilines is 2. The van der Waals surface area contributed by atoms with Crippen LogP contribution in [0.5, 0.6) is 0 Å². The van der Waals surface area contributed by atoms with Crippen molar-refractivity contribution in [2.45, 2.75) is 39.4 Å². The summed E-state index contributed by atoms with van der Waals surface area (Å²) in [6.45, 7) is 10.0. The van der Waals surface area contributed by atoms with Crippen molar-refractivity contribution in [1.29, 1.82) is 0 Å². The second-order valence-corrected chi connectivity index (χ2v) is 8.38. The number of nitrogens with one attached hydrogen (secondary N) is 1. The Balaban J connectivity index is 1.53. The van der Waals surface area contributed by atoms with Crippen molar-refractivity contribution in [2.24, 2.45) is 0 Å². The van der Waals surface area contributed by atoms with E-state index in [4.69, 9.17) is 9.47 Å². The highest BCUT2D eigenvalue weighted by Crippen LogP contribution is 2.23. The topological polar surface area (TPSA) is 104 Å². The lowest BCUT2D eigenvalue weighted by Gasteiger charge is -2.36. The smallest absolute Gasteiger partial charge is 0.414 e. The van der Waals surface area contributed by atoms with E-state index in [0.29, 0.717) is 38.4 Å².